The number of nitrogens with one attached hydrogen (secondary N) is 1. The van der Waals surface area contributed by atoms with Gasteiger partial charge in [-0.15, -0.1) is 0 Å². The number of carbonyl (C=O) groups excluding carboxylic acids is 2. The maximum Gasteiger partial charge on any atom is 0.257 e. The molecule has 1 N–H and O–H groups in total. The summed E-state index contributed by atoms with van der Waals surface area (Å²) >= 11 is 0. The lowest BCUT2D eigenvalue weighted by Crippen LogP contribution is -2.37. The molecule has 0 bridgehead atoms. The van der Waals surface area contributed by atoms with Crippen LogP contribution < -0.4 is 5.32 Å². The van der Waals surface area contributed by atoms with Gasteiger partial charge in [-0.2, -0.15) is 4.99 Å². The third-order valence-electron chi connectivity index (χ3n) is 2.47. The van der Waals surface area contributed by atoms with Gasteiger partial charge in [-0.25, -0.2) is 0 Å². The molecule has 0 saturated carbocycles. The lowest BCUT2D eigenvalue weighted by molar-refractivity contribution is -0.127. The van der Waals surface area contributed by atoms with Crippen molar-refractivity contribution in [1.29, 1.82) is 0 Å². The fraction of sp³-hybridized carbons (Fsp3) is 0.0833. The summed E-state index contributed by atoms with van der Waals surface area (Å²) in [6.45, 7) is 0. The summed E-state index contributed by atoms with van der Waals surface area (Å²) < 4.78 is 5.51. The van der Waals surface area contributed by atoms with Gasteiger partial charge in [-0.3, -0.25) is 9.59 Å². The molecule has 5 heteroatoms. The standard InChI is InChI=1S/C12H8N2O3/c15-10-6-11(16)14-12(13-10)9-5-7-3-1-2-4-8(7)17-9/h1-5H,6H2,(H,13,14,15,16). The van der Waals surface area contributed by atoms with Crippen molar-refractivity contribution in [2.45, 2.75) is 6.42 Å². The van der Waals surface area contributed by atoms with Gasteiger partial charge in [0.2, 0.25) is 5.91 Å². The van der Waals surface area contributed by atoms with Gasteiger partial charge in [0.05, 0.1) is 0 Å². The zero-order valence-electron chi connectivity index (χ0n) is 8.77. The molecule has 0 radical (unpaired) electrons. The molecule has 0 fully saturated rings. The van der Waals surface area contributed by atoms with Gasteiger partial charge < -0.3 is 9.73 Å². The van der Waals surface area contributed by atoms with E-state index < -0.39 is 5.91 Å². The quantitative estimate of drug-likeness (QED) is 0.746. The summed E-state index contributed by atoms with van der Waals surface area (Å²) in [6, 6.07) is 9.17. The number of rotatable bonds is 1. The largest absolute Gasteiger partial charge is 0.453 e. The Kier molecular flexibility index (Phi) is 2.04. The topological polar surface area (TPSA) is 71.7 Å². The lowest BCUT2D eigenvalue weighted by atomic mass is 10.2. The van der Waals surface area contributed by atoms with E-state index in [0.717, 1.165) is 5.39 Å². The van der Waals surface area contributed by atoms with Crippen molar-refractivity contribution in [2.24, 2.45) is 4.99 Å². The molecule has 1 aliphatic rings. The van der Waals surface area contributed by atoms with Gasteiger partial charge in [0.15, 0.2) is 11.6 Å². The normalized spacial score (nSPS) is 15.9. The first-order chi connectivity index (χ1) is 8.22. The van der Waals surface area contributed by atoms with Crippen LogP contribution in [0.3, 0.4) is 0 Å². The minimum atomic E-state index is -0.454. The van der Waals surface area contributed by atoms with Gasteiger partial charge in [0, 0.05) is 5.39 Å². The lowest BCUT2D eigenvalue weighted by Gasteiger charge is -2.09. The molecule has 17 heavy (non-hydrogen) atoms. The fourth-order valence-corrected chi connectivity index (χ4v) is 1.72. The number of amides is 2. The van der Waals surface area contributed by atoms with Crippen molar-refractivity contribution in [3.63, 3.8) is 0 Å². The molecule has 84 valence electrons. The summed E-state index contributed by atoms with van der Waals surface area (Å²) in [6.07, 6.45) is -0.205. The maximum absolute atomic E-state index is 11.2. The Hall–Kier alpha value is -2.43. The number of fused-ring (bicyclic) bond motifs is 1. The van der Waals surface area contributed by atoms with E-state index in [1.165, 1.54) is 0 Å². The second-order valence-corrected chi connectivity index (χ2v) is 3.73. The van der Waals surface area contributed by atoms with Crippen molar-refractivity contribution in [2.75, 3.05) is 0 Å². The van der Waals surface area contributed by atoms with Crippen LogP contribution in [-0.2, 0) is 9.59 Å². The van der Waals surface area contributed by atoms with Gasteiger partial charge >= 0.3 is 0 Å². The van der Waals surface area contributed by atoms with E-state index in [0.29, 0.717) is 11.3 Å². The molecule has 2 amide bonds. The SMILES string of the molecule is O=C1CC(=O)NC(c2cc3ccccc3o2)=N1. The molecule has 0 aliphatic carbocycles. The summed E-state index contributed by atoms with van der Waals surface area (Å²) in [5.41, 5.74) is 0.692. The zero-order valence-corrected chi connectivity index (χ0v) is 8.77. The average molecular weight is 228 g/mol. The van der Waals surface area contributed by atoms with E-state index in [-0.39, 0.29) is 18.2 Å². The first-order valence-electron chi connectivity index (χ1n) is 5.13. The Morgan fingerprint density at radius 3 is 2.82 bits per heavy atom. The van der Waals surface area contributed by atoms with Crippen LogP contribution in [0.5, 0.6) is 0 Å². The molecule has 2 aromatic rings. The minimum Gasteiger partial charge on any atom is -0.453 e. The Balaban J connectivity index is 2.09. The van der Waals surface area contributed by atoms with Gasteiger partial charge in [-0.05, 0) is 12.1 Å². The number of aliphatic imine (C=N–C) groups is 1. The summed E-state index contributed by atoms with van der Waals surface area (Å²) in [7, 11) is 0. The number of benzene rings is 1. The number of hydrogen-bond acceptors (Lipinski definition) is 3. The Morgan fingerprint density at radius 2 is 2.06 bits per heavy atom. The highest BCUT2D eigenvalue weighted by Gasteiger charge is 2.21. The Labute approximate surface area is 96.1 Å². The molecule has 1 aromatic carbocycles. The van der Waals surface area contributed by atoms with Crippen LogP contribution in [0.4, 0.5) is 0 Å². The molecule has 0 spiro atoms. The number of hydrogen-bond donors (Lipinski definition) is 1. The van der Waals surface area contributed by atoms with Crippen LogP contribution in [0.2, 0.25) is 0 Å². The number of nitrogens with zero attached hydrogens (tertiary/aromatic N) is 1. The number of furan rings is 1. The first kappa shape index (κ1) is 9.77. The molecule has 5 nitrogen and oxygen atoms in total. The van der Waals surface area contributed by atoms with E-state index >= 15 is 0 Å². The van der Waals surface area contributed by atoms with E-state index in [9.17, 15) is 9.59 Å². The van der Waals surface area contributed by atoms with E-state index in [2.05, 4.69) is 10.3 Å². The van der Waals surface area contributed by atoms with Crippen LogP contribution in [0, 0.1) is 0 Å². The predicted molar refractivity (Wildman–Crippen MR) is 60.5 cm³/mol. The smallest absolute Gasteiger partial charge is 0.257 e. The Bertz CT molecular complexity index is 622. The average Bonchev–Trinajstić information content (AvgIpc) is 2.71. The number of para-hydroxylation sites is 1. The highest BCUT2D eigenvalue weighted by atomic mass is 16.3. The minimum absolute atomic E-state index is 0.183. The third-order valence-corrected chi connectivity index (χ3v) is 2.47. The third kappa shape index (κ3) is 1.71. The monoisotopic (exact) mass is 228 g/mol. The van der Waals surface area contributed by atoms with Crippen LogP contribution in [0.15, 0.2) is 39.7 Å². The van der Waals surface area contributed by atoms with E-state index in [1.54, 1.807) is 6.07 Å². The summed E-state index contributed by atoms with van der Waals surface area (Å²) in [5.74, 6) is -0.236. The summed E-state index contributed by atoms with van der Waals surface area (Å²) in [4.78, 5) is 26.2. The molecule has 0 saturated heterocycles. The predicted octanol–water partition coefficient (Wildman–Crippen LogP) is 1.23. The molecular formula is C12H8N2O3. The molecule has 1 aliphatic heterocycles. The van der Waals surface area contributed by atoms with Crippen LogP contribution in [-0.4, -0.2) is 17.6 Å². The van der Waals surface area contributed by atoms with Gasteiger partial charge in [0.25, 0.3) is 5.91 Å². The second-order valence-electron chi connectivity index (χ2n) is 3.73. The van der Waals surface area contributed by atoms with Crippen molar-refractivity contribution >= 4 is 28.6 Å². The van der Waals surface area contributed by atoms with E-state index in [1.807, 2.05) is 24.3 Å². The molecule has 1 aromatic heterocycles. The summed E-state index contributed by atoms with van der Waals surface area (Å²) in [5, 5.41) is 3.42. The van der Waals surface area contributed by atoms with Crippen molar-refractivity contribution < 1.29 is 14.0 Å². The van der Waals surface area contributed by atoms with Crippen molar-refractivity contribution in [3.05, 3.63) is 36.1 Å². The zero-order chi connectivity index (χ0) is 11.8. The molecule has 0 atom stereocenters. The molecular weight excluding hydrogens is 220 g/mol. The highest BCUT2D eigenvalue weighted by Crippen LogP contribution is 2.19. The maximum atomic E-state index is 11.2. The van der Waals surface area contributed by atoms with E-state index in [4.69, 9.17) is 4.42 Å². The van der Waals surface area contributed by atoms with Crippen molar-refractivity contribution in [3.8, 4) is 0 Å². The van der Waals surface area contributed by atoms with Crippen LogP contribution in [0.1, 0.15) is 12.2 Å². The fourth-order valence-electron chi connectivity index (χ4n) is 1.72. The van der Waals surface area contributed by atoms with Crippen LogP contribution >= 0.6 is 0 Å². The molecule has 2 heterocycles. The van der Waals surface area contributed by atoms with Crippen molar-refractivity contribution in [1.82, 2.24) is 5.32 Å². The molecule has 3 rings (SSSR count). The Morgan fingerprint density at radius 1 is 1.24 bits per heavy atom. The number of carbonyl (C=O) groups is 2. The highest BCUT2D eigenvalue weighted by molar-refractivity contribution is 6.19. The van der Waals surface area contributed by atoms with Crippen LogP contribution in [0.25, 0.3) is 11.0 Å². The van der Waals surface area contributed by atoms with Gasteiger partial charge in [0.1, 0.15) is 12.0 Å². The molecule has 0 unspecified atom stereocenters. The first-order valence-corrected chi connectivity index (χ1v) is 5.13. The second kappa shape index (κ2) is 3.55. The van der Waals surface area contributed by atoms with Gasteiger partial charge in [-0.1, -0.05) is 18.2 Å². The number of amidine groups is 1.